The maximum absolute atomic E-state index is 14.9. The highest BCUT2D eigenvalue weighted by Crippen LogP contribution is 2.57. The van der Waals surface area contributed by atoms with Gasteiger partial charge in [0.2, 0.25) is 5.91 Å². The number of carboxylic acid groups (broad SMARTS) is 1. The number of rotatable bonds is 18. The monoisotopic (exact) mass is 917 g/mol. The number of carbonyl (C=O) groups excluding carboxylic acids is 3. The number of thiazole rings is 1. The molecule has 3 saturated carbocycles. The number of carbonyl (C=O) groups is 4. The molecule has 0 spiro atoms. The van der Waals surface area contributed by atoms with Crippen LogP contribution in [0.5, 0.6) is 11.5 Å². The summed E-state index contributed by atoms with van der Waals surface area (Å²) in [4.78, 5) is 71.6. The Morgan fingerprint density at radius 2 is 1.75 bits per heavy atom. The number of likely N-dealkylation sites (tertiary alicyclic amines) is 1. The van der Waals surface area contributed by atoms with Crippen LogP contribution in [-0.2, 0) is 30.3 Å². The standard InChI is InChI=1S/C49H64ClN5O8S/c1-8-31-24-49(31,47(59)60)25-39(56)38-21-33(26-55(38)46(58)35(48(4,5)6)22-43(57)63-32-19-29-18-30(29)20-32)62-41-23-36(37-27-64-42(51-37)17-28(2)3)52-45-34(41)9-10-40(44(45)50)61-16-15-54-13-11-53(7)12-14-54/h8-10,23,27-33,35,38H,1,11-22,24-26H2,2-7H3,(H,59,60)/t29-,30+,31-,32?,33-,35-,38+,49-/m1/s1. The molecule has 5 aliphatic rings. The molecule has 64 heavy (non-hydrogen) atoms. The molecule has 15 heteroatoms. The highest BCUT2D eigenvalue weighted by molar-refractivity contribution is 7.09. The SMILES string of the molecule is C=C[C@@H]1C[C@]1(CC(=O)[C@@H]1C[C@@H](Oc2cc(-c3csc(CC(C)C)n3)nc3c(Cl)c(OCCN4CCN(C)CC4)ccc23)CN1C(=O)[C@@H](CC(=O)OC1C[C@@H]2C[C@@H]2C1)C(C)(C)C)C(=O)O. The van der Waals surface area contributed by atoms with E-state index in [2.05, 4.69) is 37.3 Å². The Balaban J connectivity index is 1.09. The van der Waals surface area contributed by atoms with Crippen LogP contribution in [0, 0.1) is 40.4 Å². The van der Waals surface area contributed by atoms with Crippen LogP contribution in [0.1, 0.15) is 84.6 Å². The quantitative estimate of drug-likeness (QED) is 0.0979. The van der Waals surface area contributed by atoms with Crippen molar-refractivity contribution in [3.8, 4) is 22.9 Å². The van der Waals surface area contributed by atoms with Gasteiger partial charge in [-0.1, -0.05) is 52.3 Å². The zero-order valence-corrected chi connectivity index (χ0v) is 39.7. The van der Waals surface area contributed by atoms with E-state index >= 15 is 0 Å². The van der Waals surface area contributed by atoms with Crippen LogP contribution in [-0.4, -0.2) is 125 Å². The normalized spacial score (nSPS) is 27.3. The molecule has 3 aliphatic carbocycles. The summed E-state index contributed by atoms with van der Waals surface area (Å²) in [6.07, 6.45) is 4.61. The van der Waals surface area contributed by atoms with E-state index in [0.29, 0.717) is 69.6 Å². The predicted molar refractivity (Wildman–Crippen MR) is 247 cm³/mol. The number of piperazine rings is 1. The Hall–Kier alpha value is -4.11. The zero-order valence-electron chi connectivity index (χ0n) is 38.1. The van der Waals surface area contributed by atoms with Gasteiger partial charge >= 0.3 is 11.9 Å². The molecule has 13 nitrogen and oxygen atoms in total. The summed E-state index contributed by atoms with van der Waals surface area (Å²) >= 11 is 8.73. The average Bonchev–Trinajstić information content (AvgIpc) is 3.91. The van der Waals surface area contributed by atoms with Crippen molar-refractivity contribution in [2.75, 3.05) is 52.9 Å². The van der Waals surface area contributed by atoms with Crippen molar-refractivity contribution in [1.82, 2.24) is 24.7 Å². The fourth-order valence-corrected chi connectivity index (χ4v) is 11.4. The number of carboxylic acids is 1. The van der Waals surface area contributed by atoms with Crippen LogP contribution in [0.25, 0.3) is 22.3 Å². The number of fused-ring (bicyclic) bond motifs is 2. The van der Waals surface area contributed by atoms with Crippen molar-refractivity contribution in [3.05, 3.63) is 46.3 Å². The van der Waals surface area contributed by atoms with Gasteiger partial charge in [-0.25, -0.2) is 9.97 Å². The summed E-state index contributed by atoms with van der Waals surface area (Å²) in [5, 5.41) is 14.2. The van der Waals surface area contributed by atoms with E-state index in [1.54, 1.807) is 17.4 Å². The molecule has 0 bridgehead atoms. The van der Waals surface area contributed by atoms with Gasteiger partial charge in [-0.2, -0.15) is 0 Å². The number of ether oxygens (including phenoxy) is 3. The lowest BCUT2D eigenvalue weighted by Gasteiger charge is -2.35. The molecule has 2 saturated heterocycles. The Kier molecular flexibility index (Phi) is 13.5. The molecule has 8 atom stereocenters. The first kappa shape index (κ1) is 46.4. The number of likely N-dealkylation sites (N-methyl/N-ethyl adjacent to an activating group) is 1. The lowest BCUT2D eigenvalue weighted by Crippen LogP contribution is -2.48. The topological polar surface area (TPSA) is 152 Å². The molecule has 1 N–H and O–H groups in total. The van der Waals surface area contributed by atoms with Gasteiger partial charge in [0.15, 0.2) is 5.78 Å². The number of ketones is 1. The molecule has 8 rings (SSSR count). The third-order valence-corrected chi connectivity index (χ3v) is 15.5. The predicted octanol–water partition coefficient (Wildman–Crippen LogP) is 7.81. The largest absolute Gasteiger partial charge is 0.491 e. The molecule has 2 aliphatic heterocycles. The second kappa shape index (κ2) is 18.6. The lowest BCUT2D eigenvalue weighted by molar-refractivity contribution is -0.157. The van der Waals surface area contributed by atoms with Crippen molar-refractivity contribution in [2.24, 2.45) is 40.4 Å². The van der Waals surface area contributed by atoms with E-state index in [0.717, 1.165) is 57.0 Å². The minimum absolute atomic E-state index is 0.0451. The second-order valence-corrected chi connectivity index (χ2v) is 21.9. The smallest absolute Gasteiger partial charge is 0.310 e. The van der Waals surface area contributed by atoms with E-state index < -0.39 is 40.8 Å². The first-order valence-corrected chi connectivity index (χ1v) is 24.3. The van der Waals surface area contributed by atoms with Crippen molar-refractivity contribution >= 4 is 57.5 Å². The molecule has 4 heterocycles. The van der Waals surface area contributed by atoms with Gasteiger partial charge in [0, 0.05) is 68.8 Å². The van der Waals surface area contributed by atoms with Gasteiger partial charge in [0.1, 0.15) is 35.3 Å². The molecule has 5 fully saturated rings. The molecule has 2 aromatic heterocycles. The van der Waals surface area contributed by atoms with E-state index in [-0.39, 0.29) is 49.5 Å². The summed E-state index contributed by atoms with van der Waals surface area (Å²) in [6.45, 7) is 19.1. The van der Waals surface area contributed by atoms with Crippen LogP contribution in [0.15, 0.2) is 36.2 Å². The summed E-state index contributed by atoms with van der Waals surface area (Å²) < 4.78 is 19.1. The number of hydrogen-bond donors (Lipinski definition) is 1. The number of amides is 1. The van der Waals surface area contributed by atoms with E-state index in [1.807, 2.05) is 44.4 Å². The van der Waals surface area contributed by atoms with Crippen molar-refractivity contribution in [1.29, 1.82) is 0 Å². The van der Waals surface area contributed by atoms with Gasteiger partial charge in [-0.05, 0) is 74.0 Å². The second-order valence-electron chi connectivity index (χ2n) is 20.6. The minimum atomic E-state index is -1.26. The van der Waals surface area contributed by atoms with E-state index in [4.69, 9.17) is 35.8 Å². The third kappa shape index (κ3) is 10.1. The summed E-state index contributed by atoms with van der Waals surface area (Å²) in [5.74, 6) is -0.681. The fraction of sp³-hybridized carbons (Fsp3) is 0.633. The highest BCUT2D eigenvalue weighted by Gasteiger charge is 2.61. The number of allylic oxidation sites excluding steroid dienone is 1. The summed E-state index contributed by atoms with van der Waals surface area (Å²) in [5.41, 5.74) is -0.215. The number of aliphatic carboxylic acids is 1. The van der Waals surface area contributed by atoms with E-state index in [9.17, 15) is 24.3 Å². The van der Waals surface area contributed by atoms with Gasteiger partial charge < -0.3 is 29.1 Å². The Labute approximate surface area is 385 Å². The molecular weight excluding hydrogens is 854 g/mol. The summed E-state index contributed by atoms with van der Waals surface area (Å²) in [7, 11) is 2.13. The number of esters is 1. The first-order valence-electron chi connectivity index (χ1n) is 23.1. The van der Waals surface area contributed by atoms with Gasteiger partial charge in [-0.15, -0.1) is 17.9 Å². The third-order valence-electron chi connectivity index (χ3n) is 14.3. The number of benzene rings is 1. The van der Waals surface area contributed by atoms with E-state index in [1.165, 1.54) is 11.3 Å². The fourth-order valence-electron chi connectivity index (χ4n) is 10.1. The molecule has 0 radical (unpaired) electrons. The number of hydrogen-bond acceptors (Lipinski definition) is 12. The minimum Gasteiger partial charge on any atom is -0.491 e. The molecule has 346 valence electrons. The number of nitrogens with zero attached hydrogens (tertiary/aromatic N) is 5. The lowest BCUT2D eigenvalue weighted by atomic mass is 9.77. The Bertz CT molecular complexity index is 2260. The maximum atomic E-state index is 14.9. The molecule has 3 aromatic rings. The van der Waals surface area contributed by atoms with Crippen molar-refractivity contribution in [2.45, 2.75) is 104 Å². The van der Waals surface area contributed by atoms with Crippen LogP contribution in [0.3, 0.4) is 0 Å². The van der Waals surface area contributed by atoms with Crippen LogP contribution in [0.4, 0.5) is 0 Å². The van der Waals surface area contributed by atoms with Crippen LogP contribution in [0.2, 0.25) is 5.02 Å². The number of Topliss-reactive ketones (excluding diaryl/α,β-unsaturated/α-hetero) is 1. The molecule has 1 unspecified atom stereocenters. The maximum Gasteiger partial charge on any atom is 0.310 e. The first-order chi connectivity index (χ1) is 30.4. The zero-order chi connectivity index (χ0) is 45.7. The van der Waals surface area contributed by atoms with Gasteiger partial charge in [0.25, 0.3) is 0 Å². The Morgan fingerprint density at radius 3 is 2.41 bits per heavy atom. The van der Waals surface area contributed by atoms with Gasteiger partial charge in [0.05, 0.1) is 52.3 Å². The number of halogens is 1. The van der Waals surface area contributed by atoms with Crippen molar-refractivity contribution < 1.29 is 38.5 Å². The average molecular weight is 919 g/mol. The van der Waals surface area contributed by atoms with Crippen LogP contribution < -0.4 is 9.47 Å². The molecule has 1 amide bonds. The Morgan fingerprint density at radius 1 is 1.02 bits per heavy atom. The highest BCUT2D eigenvalue weighted by atomic mass is 35.5. The van der Waals surface area contributed by atoms with Crippen LogP contribution >= 0.6 is 22.9 Å². The summed E-state index contributed by atoms with van der Waals surface area (Å²) in [6, 6.07) is 4.55. The van der Waals surface area contributed by atoms with Crippen molar-refractivity contribution in [3.63, 3.8) is 0 Å². The number of aromatic nitrogens is 2. The van der Waals surface area contributed by atoms with Gasteiger partial charge in [-0.3, -0.25) is 24.1 Å². The molecule has 1 aromatic carbocycles. The molecular formula is C49H64ClN5O8S. The number of pyridine rings is 1.